The van der Waals surface area contributed by atoms with Crippen LogP contribution in [0.25, 0.3) is 6.08 Å². The summed E-state index contributed by atoms with van der Waals surface area (Å²) < 4.78 is 3.49. The number of halogens is 3. The molecule has 0 saturated heterocycles. The number of non-ortho nitro benzene ring substituents is 1. The Morgan fingerprint density at radius 1 is 1.12 bits per heavy atom. The minimum Gasteiger partial charge on any atom is -0.466 e. The van der Waals surface area contributed by atoms with Crippen molar-refractivity contribution in [3.63, 3.8) is 0 Å². The summed E-state index contributed by atoms with van der Waals surface area (Å²) in [5.41, 5.74) is 0.710. The number of hydrogen-bond acceptors (Lipinski definition) is 4. The lowest BCUT2D eigenvalue weighted by Gasteiger charge is -2.25. The smallest absolute Gasteiger partial charge is 0.269 e. The van der Waals surface area contributed by atoms with Crippen LogP contribution in [0.2, 0.25) is 0 Å². The number of ether oxygens (including phenoxy) is 1. The Balaban J connectivity index is 2.06. The van der Waals surface area contributed by atoms with E-state index in [-0.39, 0.29) is 11.4 Å². The zero-order chi connectivity index (χ0) is 19.2. The van der Waals surface area contributed by atoms with Gasteiger partial charge in [0.15, 0.2) is 0 Å². The van der Waals surface area contributed by atoms with Gasteiger partial charge in [0.05, 0.1) is 4.92 Å². The molecular weight excluding hydrogens is 403 g/mol. The van der Waals surface area contributed by atoms with Crippen LogP contribution in [0.15, 0.2) is 60.7 Å². The molecule has 9 heteroatoms. The predicted octanol–water partition coefficient (Wildman–Crippen LogP) is 4.50. The van der Waals surface area contributed by atoms with Crippen molar-refractivity contribution in [2.75, 3.05) is 0 Å². The van der Waals surface area contributed by atoms with Crippen molar-refractivity contribution < 1.29 is 14.5 Å². The standard InChI is InChI=1S/C17H13Cl3N2O4/c18-17(19,20)16(26-14-9-7-13(8-10-14)22(24)25)21-15(23)11-6-12-4-2-1-3-5-12/h1-11,16H,(H,21,23)/b11-6+/t16-/m0/s1. The van der Waals surface area contributed by atoms with Crippen molar-refractivity contribution in [3.8, 4) is 5.75 Å². The van der Waals surface area contributed by atoms with E-state index in [4.69, 9.17) is 39.5 Å². The van der Waals surface area contributed by atoms with E-state index in [1.54, 1.807) is 6.08 Å². The molecule has 0 unspecified atom stereocenters. The van der Waals surface area contributed by atoms with Crippen molar-refractivity contribution in [1.29, 1.82) is 0 Å². The van der Waals surface area contributed by atoms with Gasteiger partial charge in [-0.25, -0.2) is 0 Å². The van der Waals surface area contributed by atoms with Crippen LogP contribution in [0.5, 0.6) is 5.75 Å². The van der Waals surface area contributed by atoms with Gasteiger partial charge in [0.25, 0.3) is 5.69 Å². The normalized spacial score (nSPS) is 12.6. The van der Waals surface area contributed by atoms with Crippen molar-refractivity contribution >= 4 is 52.5 Å². The molecular formula is C17H13Cl3N2O4. The van der Waals surface area contributed by atoms with Crippen LogP contribution in [0.1, 0.15) is 5.56 Å². The quantitative estimate of drug-likeness (QED) is 0.248. The molecule has 0 radical (unpaired) electrons. The van der Waals surface area contributed by atoms with E-state index in [1.165, 1.54) is 30.3 Å². The molecule has 0 aliphatic rings. The highest BCUT2D eigenvalue weighted by Gasteiger charge is 2.36. The first-order chi connectivity index (χ1) is 12.3. The van der Waals surface area contributed by atoms with Crippen molar-refractivity contribution in [2.24, 2.45) is 0 Å². The van der Waals surface area contributed by atoms with Gasteiger partial charge in [-0.15, -0.1) is 0 Å². The molecule has 0 spiro atoms. The Morgan fingerprint density at radius 3 is 2.27 bits per heavy atom. The van der Waals surface area contributed by atoms with Crippen LogP contribution in [-0.4, -0.2) is 20.9 Å². The number of nitro groups is 1. The minimum atomic E-state index is -1.96. The molecule has 0 aliphatic carbocycles. The molecule has 0 bridgehead atoms. The van der Waals surface area contributed by atoms with E-state index in [2.05, 4.69) is 5.32 Å². The maximum Gasteiger partial charge on any atom is 0.269 e. The van der Waals surface area contributed by atoms with Gasteiger partial charge in [-0.05, 0) is 23.8 Å². The van der Waals surface area contributed by atoms with Gasteiger partial charge >= 0.3 is 0 Å². The molecule has 6 nitrogen and oxygen atoms in total. The first-order valence-electron chi connectivity index (χ1n) is 7.27. The van der Waals surface area contributed by atoms with Crippen LogP contribution in [-0.2, 0) is 4.79 Å². The second kappa shape index (κ2) is 8.89. The molecule has 26 heavy (non-hydrogen) atoms. The zero-order valence-corrected chi connectivity index (χ0v) is 15.4. The second-order valence-corrected chi connectivity index (χ2v) is 7.41. The molecule has 136 valence electrons. The summed E-state index contributed by atoms with van der Waals surface area (Å²) in [6.07, 6.45) is 1.57. The Hall–Kier alpha value is -2.28. The Labute approximate surface area is 164 Å². The zero-order valence-electron chi connectivity index (χ0n) is 13.1. The van der Waals surface area contributed by atoms with E-state index in [0.717, 1.165) is 5.56 Å². The van der Waals surface area contributed by atoms with Crippen LogP contribution in [0.3, 0.4) is 0 Å². The highest BCUT2D eigenvalue weighted by Crippen LogP contribution is 2.32. The fraction of sp³-hybridized carbons (Fsp3) is 0.118. The first-order valence-corrected chi connectivity index (χ1v) is 8.40. The topological polar surface area (TPSA) is 81.5 Å². The third-order valence-corrected chi connectivity index (χ3v) is 3.69. The molecule has 2 rings (SSSR count). The highest BCUT2D eigenvalue weighted by atomic mass is 35.6. The van der Waals surface area contributed by atoms with Crippen molar-refractivity contribution in [2.45, 2.75) is 10.0 Å². The van der Waals surface area contributed by atoms with Crippen LogP contribution < -0.4 is 10.1 Å². The number of rotatable bonds is 6. The average molecular weight is 416 g/mol. The SMILES string of the molecule is O=C(/C=C/c1ccccc1)N[C@@H](Oc1ccc([N+](=O)[O-])cc1)C(Cl)(Cl)Cl. The lowest BCUT2D eigenvalue weighted by molar-refractivity contribution is -0.384. The van der Waals surface area contributed by atoms with Gasteiger partial charge in [-0.3, -0.25) is 14.9 Å². The van der Waals surface area contributed by atoms with Crippen molar-refractivity contribution in [1.82, 2.24) is 5.32 Å². The van der Waals surface area contributed by atoms with Crippen molar-refractivity contribution in [3.05, 3.63) is 76.4 Å². The summed E-state index contributed by atoms with van der Waals surface area (Å²) in [6, 6.07) is 14.3. The van der Waals surface area contributed by atoms with Gasteiger partial charge < -0.3 is 10.1 Å². The monoisotopic (exact) mass is 414 g/mol. The second-order valence-electron chi connectivity index (χ2n) is 5.04. The Morgan fingerprint density at radius 2 is 1.73 bits per heavy atom. The van der Waals surface area contributed by atoms with Gasteiger partial charge in [0.2, 0.25) is 15.9 Å². The summed E-state index contributed by atoms with van der Waals surface area (Å²) >= 11 is 17.6. The lowest BCUT2D eigenvalue weighted by atomic mass is 10.2. The number of nitrogens with one attached hydrogen (secondary N) is 1. The molecule has 0 fully saturated rings. The lowest BCUT2D eigenvalue weighted by Crippen LogP contribution is -2.47. The summed E-state index contributed by atoms with van der Waals surface area (Å²) in [6.45, 7) is 0. The third kappa shape index (κ3) is 6.22. The summed E-state index contributed by atoms with van der Waals surface area (Å²) in [4.78, 5) is 22.2. The van der Waals surface area contributed by atoms with E-state index in [9.17, 15) is 14.9 Å². The number of alkyl halides is 3. The highest BCUT2D eigenvalue weighted by molar-refractivity contribution is 6.68. The van der Waals surface area contributed by atoms with Crippen LogP contribution >= 0.6 is 34.8 Å². The summed E-state index contributed by atoms with van der Waals surface area (Å²) in [7, 11) is 0. The summed E-state index contributed by atoms with van der Waals surface area (Å²) in [5.74, 6) is -0.341. The van der Waals surface area contributed by atoms with Crippen LogP contribution in [0.4, 0.5) is 5.69 Å². The van der Waals surface area contributed by atoms with Gasteiger partial charge in [0.1, 0.15) is 5.75 Å². The number of benzene rings is 2. The molecule has 1 amide bonds. The number of carbonyl (C=O) groups excluding carboxylic acids is 1. The molecule has 1 N–H and O–H groups in total. The largest absolute Gasteiger partial charge is 0.466 e. The number of carbonyl (C=O) groups is 1. The Bertz CT molecular complexity index is 790. The summed E-state index contributed by atoms with van der Waals surface area (Å²) in [5, 5.41) is 13.1. The maximum atomic E-state index is 12.1. The number of nitro benzene ring substituents is 1. The first kappa shape index (κ1) is 20.0. The average Bonchev–Trinajstić information content (AvgIpc) is 2.60. The molecule has 0 saturated carbocycles. The van der Waals surface area contributed by atoms with Gasteiger partial charge in [-0.2, -0.15) is 0 Å². The molecule has 1 atom stereocenters. The molecule has 2 aromatic carbocycles. The fourth-order valence-electron chi connectivity index (χ4n) is 1.87. The van der Waals surface area contributed by atoms with E-state index in [1.807, 2.05) is 30.3 Å². The maximum absolute atomic E-state index is 12.1. The predicted molar refractivity (Wildman–Crippen MR) is 101 cm³/mol. The minimum absolute atomic E-state index is 0.113. The van der Waals surface area contributed by atoms with E-state index in [0.29, 0.717) is 0 Å². The van der Waals surface area contributed by atoms with E-state index < -0.39 is 20.9 Å². The third-order valence-electron chi connectivity index (χ3n) is 3.10. The fourth-order valence-corrected chi connectivity index (χ4v) is 2.17. The number of hydrogen-bond donors (Lipinski definition) is 1. The van der Waals surface area contributed by atoms with Gasteiger partial charge in [-0.1, -0.05) is 65.1 Å². The Kier molecular flexibility index (Phi) is 6.85. The molecule has 0 aromatic heterocycles. The molecule has 0 aliphatic heterocycles. The molecule has 0 heterocycles. The number of amides is 1. The number of nitrogens with zero attached hydrogens (tertiary/aromatic N) is 1. The van der Waals surface area contributed by atoms with E-state index >= 15 is 0 Å². The molecule has 2 aromatic rings. The van der Waals surface area contributed by atoms with Crippen LogP contribution in [0, 0.1) is 10.1 Å². The van der Waals surface area contributed by atoms with Gasteiger partial charge in [0, 0.05) is 18.2 Å².